The largest absolute Gasteiger partial charge is 0.351 e. The standard InChI is InChI=1S/C16H16F2N4O2/c17-11-1-2-14(13(18)6-11)22-7-10(5-15(22)23)16(24)20-12-3-4-21(8-12)9-19/h1-2,6,10,12H,3-5,7-8H2,(H,20,24). The van der Waals surface area contributed by atoms with E-state index in [4.69, 9.17) is 5.26 Å². The molecule has 2 heterocycles. The average molecular weight is 334 g/mol. The predicted octanol–water partition coefficient (Wildman–Crippen LogP) is 0.989. The van der Waals surface area contributed by atoms with E-state index in [1.807, 2.05) is 6.19 Å². The Kier molecular flexibility index (Phi) is 4.34. The van der Waals surface area contributed by atoms with E-state index in [1.165, 1.54) is 11.0 Å². The molecule has 24 heavy (non-hydrogen) atoms. The van der Waals surface area contributed by atoms with Gasteiger partial charge in [0.05, 0.1) is 11.6 Å². The third-order valence-corrected chi connectivity index (χ3v) is 4.37. The summed E-state index contributed by atoms with van der Waals surface area (Å²) in [7, 11) is 0. The molecule has 3 rings (SSSR count). The Morgan fingerprint density at radius 3 is 2.79 bits per heavy atom. The van der Waals surface area contributed by atoms with Gasteiger partial charge < -0.3 is 15.1 Å². The van der Waals surface area contributed by atoms with Crippen molar-refractivity contribution in [1.82, 2.24) is 10.2 Å². The Morgan fingerprint density at radius 2 is 2.12 bits per heavy atom. The van der Waals surface area contributed by atoms with Gasteiger partial charge in [-0.25, -0.2) is 8.78 Å². The lowest BCUT2D eigenvalue weighted by molar-refractivity contribution is -0.126. The molecule has 0 saturated carbocycles. The average Bonchev–Trinajstić information content (AvgIpc) is 3.14. The van der Waals surface area contributed by atoms with Gasteiger partial charge in [-0.3, -0.25) is 9.59 Å². The number of nitrogens with one attached hydrogen (secondary N) is 1. The topological polar surface area (TPSA) is 76.4 Å². The van der Waals surface area contributed by atoms with Gasteiger partial charge >= 0.3 is 0 Å². The summed E-state index contributed by atoms with van der Waals surface area (Å²) >= 11 is 0. The van der Waals surface area contributed by atoms with Crippen LogP contribution in [0.15, 0.2) is 18.2 Å². The number of hydrogen-bond donors (Lipinski definition) is 1. The normalized spacial score (nSPS) is 23.5. The smallest absolute Gasteiger partial charge is 0.227 e. The number of benzene rings is 1. The molecule has 0 spiro atoms. The van der Waals surface area contributed by atoms with Gasteiger partial charge in [0, 0.05) is 38.2 Å². The first-order chi connectivity index (χ1) is 11.5. The molecule has 6 nitrogen and oxygen atoms in total. The van der Waals surface area contributed by atoms with E-state index in [0.717, 1.165) is 6.07 Å². The minimum Gasteiger partial charge on any atom is -0.351 e. The van der Waals surface area contributed by atoms with E-state index in [0.29, 0.717) is 25.6 Å². The van der Waals surface area contributed by atoms with Crippen molar-refractivity contribution in [2.45, 2.75) is 18.9 Å². The molecule has 2 fully saturated rings. The van der Waals surface area contributed by atoms with E-state index in [9.17, 15) is 18.4 Å². The molecule has 8 heteroatoms. The van der Waals surface area contributed by atoms with Gasteiger partial charge in [0.2, 0.25) is 11.8 Å². The fourth-order valence-corrected chi connectivity index (χ4v) is 3.10. The van der Waals surface area contributed by atoms with Gasteiger partial charge in [-0.05, 0) is 18.6 Å². The van der Waals surface area contributed by atoms with E-state index in [2.05, 4.69) is 5.32 Å². The molecule has 0 radical (unpaired) electrons. The molecule has 1 N–H and O–H groups in total. The number of nitrogens with zero attached hydrogens (tertiary/aromatic N) is 3. The Hall–Kier alpha value is -2.69. The number of carbonyl (C=O) groups is 2. The highest BCUT2D eigenvalue weighted by Gasteiger charge is 2.37. The van der Waals surface area contributed by atoms with E-state index < -0.39 is 17.6 Å². The van der Waals surface area contributed by atoms with Crippen LogP contribution in [0.4, 0.5) is 14.5 Å². The van der Waals surface area contributed by atoms with Crippen LogP contribution in [0.1, 0.15) is 12.8 Å². The van der Waals surface area contributed by atoms with Crippen molar-refractivity contribution in [2.75, 3.05) is 24.5 Å². The number of nitriles is 1. The maximum Gasteiger partial charge on any atom is 0.227 e. The number of anilines is 1. The van der Waals surface area contributed by atoms with Gasteiger partial charge in [-0.1, -0.05) is 0 Å². The minimum atomic E-state index is -0.829. The van der Waals surface area contributed by atoms with Crippen molar-refractivity contribution in [3.05, 3.63) is 29.8 Å². The van der Waals surface area contributed by atoms with E-state index >= 15 is 0 Å². The third kappa shape index (κ3) is 3.15. The Balaban J connectivity index is 1.64. The lowest BCUT2D eigenvalue weighted by atomic mass is 10.1. The summed E-state index contributed by atoms with van der Waals surface area (Å²) in [5, 5.41) is 11.7. The monoisotopic (exact) mass is 334 g/mol. The van der Waals surface area contributed by atoms with Crippen LogP contribution in [-0.4, -0.2) is 42.4 Å². The fourth-order valence-electron chi connectivity index (χ4n) is 3.10. The second kappa shape index (κ2) is 6.43. The zero-order valence-corrected chi connectivity index (χ0v) is 12.8. The van der Waals surface area contributed by atoms with Crippen LogP contribution in [0.3, 0.4) is 0 Å². The van der Waals surface area contributed by atoms with Crippen LogP contribution < -0.4 is 10.2 Å². The summed E-state index contributed by atoms with van der Waals surface area (Å²) in [6, 6.07) is 2.87. The highest BCUT2D eigenvalue weighted by atomic mass is 19.1. The number of carbonyl (C=O) groups excluding carboxylic acids is 2. The van der Waals surface area contributed by atoms with Crippen LogP contribution in [0, 0.1) is 29.0 Å². The Labute approximate surface area is 137 Å². The fraction of sp³-hybridized carbons (Fsp3) is 0.438. The quantitative estimate of drug-likeness (QED) is 0.837. The van der Waals surface area contributed by atoms with Crippen molar-refractivity contribution in [1.29, 1.82) is 5.26 Å². The number of rotatable bonds is 3. The molecule has 1 aromatic rings. The minimum absolute atomic E-state index is 0.0165. The SMILES string of the molecule is N#CN1CCC(NC(=O)C2CC(=O)N(c3ccc(F)cc3F)C2)C1. The second-order valence-electron chi connectivity index (χ2n) is 6.04. The first-order valence-electron chi connectivity index (χ1n) is 7.68. The highest BCUT2D eigenvalue weighted by molar-refractivity contribution is 6.00. The van der Waals surface area contributed by atoms with Crippen LogP contribution in [-0.2, 0) is 9.59 Å². The summed E-state index contributed by atoms with van der Waals surface area (Å²) < 4.78 is 26.8. The van der Waals surface area contributed by atoms with E-state index in [-0.39, 0.29) is 36.5 Å². The molecular formula is C16H16F2N4O2. The summed E-state index contributed by atoms with van der Waals surface area (Å²) in [4.78, 5) is 27.1. The lowest BCUT2D eigenvalue weighted by Crippen LogP contribution is -2.41. The van der Waals surface area contributed by atoms with Gasteiger partial charge in [0.1, 0.15) is 11.6 Å². The molecular weight excluding hydrogens is 318 g/mol. The highest BCUT2D eigenvalue weighted by Crippen LogP contribution is 2.28. The zero-order valence-electron chi connectivity index (χ0n) is 12.8. The lowest BCUT2D eigenvalue weighted by Gasteiger charge is -2.18. The third-order valence-electron chi connectivity index (χ3n) is 4.37. The van der Waals surface area contributed by atoms with Gasteiger partial charge in [0.15, 0.2) is 6.19 Å². The molecule has 2 amide bonds. The molecule has 2 unspecified atom stereocenters. The maximum atomic E-state index is 13.8. The van der Waals surface area contributed by atoms with Crippen LogP contribution in [0.5, 0.6) is 0 Å². The molecule has 0 aromatic heterocycles. The first-order valence-corrected chi connectivity index (χ1v) is 7.68. The molecule has 0 aliphatic carbocycles. The molecule has 126 valence electrons. The molecule has 2 aliphatic heterocycles. The van der Waals surface area contributed by atoms with Crippen molar-refractivity contribution in [3.63, 3.8) is 0 Å². The second-order valence-corrected chi connectivity index (χ2v) is 6.04. The Bertz CT molecular complexity index is 719. The van der Waals surface area contributed by atoms with Crippen molar-refractivity contribution in [2.24, 2.45) is 5.92 Å². The molecule has 1 aromatic carbocycles. The Morgan fingerprint density at radius 1 is 1.33 bits per heavy atom. The van der Waals surface area contributed by atoms with Crippen LogP contribution >= 0.6 is 0 Å². The van der Waals surface area contributed by atoms with Crippen molar-refractivity contribution in [3.8, 4) is 6.19 Å². The van der Waals surface area contributed by atoms with Gasteiger partial charge in [-0.2, -0.15) is 5.26 Å². The predicted molar refractivity (Wildman–Crippen MR) is 80.6 cm³/mol. The summed E-state index contributed by atoms with van der Waals surface area (Å²) in [5.41, 5.74) is -0.0202. The number of hydrogen-bond acceptors (Lipinski definition) is 4. The summed E-state index contributed by atoms with van der Waals surface area (Å²) in [6.07, 6.45) is 2.69. The van der Waals surface area contributed by atoms with Gasteiger partial charge in [-0.15, -0.1) is 0 Å². The van der Waals surface area contributed by atoms with Crippen LogP contribution in [0.25, 0.3) is 0 Å². The molecule has 2 atom stereocenters. The first kappa shape index (κ1) is 16.2. The maximum absolute atomic E-state index is 13.8. The molecule has 0 bridgehead atoms. The zero-order chi connectivity index (χ0) is 17.3. The summed E-state index contributed by atoms with van der Waals surface area (Å²) in [5.74, 6) is -2.78. The number of amides is 2. The molecule has 2 saturated heterocycles. The molecule has 2 aliphatic rings. The van der Waals surface area contributed by atoms with Crippen molar-refractivity contribution < 1.29 is 18.4 Å². The number of likely N-dealkylation sites (tertiary alicyclic amines) is 1. The van der Waals surface area contributed by atoms with E-state index in [1.54, 1.807) is 4.90 Å². The van der Waals surface area contributed by atoms with Gasteiger partial charge in [0.25, 0.3) is 0 Å². The van der Waals surface area contributed by atoms with Crippen molar-refractivity contribution >= 4 is 17.5 Å². The summed E-state index contributed by atoms with van der Waals surface area (Å²) in [6.45, 7) is 1.11. The number of halogens is 2. The van der Waals surface area contributed by atoms with Crippen LogP contribution in [0.2, 0.25) is 0 Å².